The minimum Gasteiger partial charge on any atom is -0.494 e. The highest BCUT2D eigenvalue weighted by Crippen LogP contribution is 2.15. The minimum atomic E-state index is -0.948. The van der Waals surface area contributed by atoms with Gasteiger partial charge in [-0.15, -0.1) is 0 Å². The Balaban J connectivity index is 2.56. The van der Waals surface area contributed by atoms with E-state index in [1.807, 2.05) is 24.3 Å². The van der Waals surface area contributed by atoms with Crippen molar-refractivity contribution in [2.75, 3.05) is 6.61 Å². The fourth-order valence-electron chi connectivity index (χ4n) is 1.29. The van der Waals surface area contributed by atoms with E-state index in [4.69, 9.17) is 9.84 Å². The van der Waals surface area contributed by atoms with E-state index in [1.165, 1.54) is 0 Å². The fourth-order valence-corrected chi connectivity index (χ4v) is 1.29. The maximum Gasteiger partial charge on any atom is 0.328 e. The zero-order valence-corrected chi connectivity index (χ0v) is 10.2. The van der Waals surface area contributed by atoms with Crippen molar-refractivity contribution in [1.29, 1.82) is 0 Å². The topological polar surface area (TPSA) is 46.5 Å². The Labute approximate surface area is 102 Å². The molecule has 92 valence electrons. The van der Waals surface area contributed by atoms with Gasteiger partial charge in [0.05, 0.1) is 6.61 Å². The Morgan fingerprint density at radius 3 is 2.88 bits per heavy atom. The molecule has 1 aromatic rings. The van der Waals surface area contributed by atoms with Gasteiger partial charge >= 0.3 is 5.97 Å². The van der Waals surface area contributed by atoms with Crippen LogP contribution in [0.25, 0.3) is 6.08 Å². The summed E-state index contributed by atoms with van der Waals surface area (Å²) in [7, 11) is 0. The Hall–Kier alpha value is -1.77. The molecule has 0 aliphatic rings. The van der Waals surface area contributed by atoms with Crippen LogP contribution in [0, 0.1) is 5.92 Å². The van der Waals surface area contributed by atoms with Crippen LogP contribution in [-0.4, -0.2) is 17.7 Å². The summed E-state index contributed by atoms with van der Waals surface area (Å²) in [6.07, 6.45) is 3.68. The van der Waals surface area contributed by atoms with Crippen LogP contribution in [0.5, 0.6) is 5.75 Å². The smallest absolute Gasteiger partial charge is 0.328 e. The number of carboxylic acid groups (broad SMARTS) is 1. The molecule has 0 amide bonds. The van der Waals surface area contributed by atoms with Crippen molar-refractivity contribution in [3.8, 4) is 5.75 Å². The van der Waals surface area contributed by atoms with Gasteiger partial charge < -0.3 is 9.84 Å². The normalized spacial score (nSPS) is 11.0. The number of carbonyl (C=O) groups is 1. The molecule has 0 aromatic heterocycles. The second-order valence-corrected chi connectivity index (χ2v) is 4.28. The molecule has 0 heterocycles. The standard InChI is InChI=1S/C14H18O3/c1-11(2)8-9-17-13-5-3-4-12(10-13)6-7-14(15)16/h3-7,10-11H,8-9H2,1-2H3,(H,15,16)/b7-6+. The van der Waals surface area contributed by atoms with E-state index < -0.39 is 5.97 Å². The van der Waals surface area contributed by atoms with E-state index in [2.05, 4.69) is 13.8 Å². The molecule has 0 unspecified atom stereocenters. The first kappa shape index (κ1) is 13.3. The fraction of sp³-hybridized carbons (Fsp3) is 0.357. The van der Waals surface area contributed by atoms with Gasteiger partial charge in [0.2, 0.25) is 0 Å². The van der Waals surface area contributed by atoms with Crippen molar-refractivity contribution in [1.82, 2.24) is 0 Å². The van der Waals surface area contributed by atoms with Crippen molar-refractivity contribution in [2.45, 2.75) is 20.3 Å². The van der Waals surface area contributed by atoms with Gasteiger partial charge in [0.15, 0.2) is 0 Å². The Bertz CT molecular complexity index is 394. The monoisotopic (exact) mass is 234 g/mol. The van der Waals surface area contributed by atoms with Crippen LogP contribution in [-0.2, 0) is 4.79 Å². The van der Waals surface area contributed by atoms with E-state index in [0.29, 0.717) is 12.5 Å². The molecular weight excluding hydrogens is 216 g/mol. The second-order valence-electron chi connectivity index (χ2n) is 4.28. The van der Waals surface area contributed by atoms with Crippen molar-refractivity contribution in [3.05, 3.63) is 35.9 Å². The van der Waals surface area contributed by atoms with Gasteiger partial charge in [-0.1, -0.05) is 26.0 Å². The first-order chi connectivity index (χ1) is 8.08. The summed E-state index contributed by atoms with van der Waals surface area (Å²) in [5, 5.41) is 8.53. The van der Waals surface area contributed by atoms with Crippen LogP contribution in [0.15, 0.2) is 30.3 Å². The molecule has 0 radical (unpaired) electrons. The number of carboxylic acids is 1. The predicted molar refractivity (Wildman–Crippen MR) is 68.1 cm³/mol. The lowest BCUT2D eigenvalue weighted by molar-refractivity contribution is -0.131. The van der Waals surface area contributed by atoms with Crippen LogP contribution in [0.4, 0.5) is 0 Å². The summed E-state index contributed by atoms with van der Waals surface area (Å²) in [5.41, 5.74) is 0.828. The van der Waals surface area contributed by atoms with Crippen LogP contribution >= 0.6 is 0 Å². The van der Waals surface area contributed by atoms with Gasteiger partial charge in [-0.2, -0.15) is 0 Å². The quantitative estimate of drug-likeness (QED) is 0.769. The first-order valence-corrected chi connectivity index (χ1v) is 5.72. The molecule has 0 spiro atoms. The molecule has 0 fully saturated rings. The van der Waals surface area contributed by atoms with Crippen molar-refractivity contribution >= 4 is 12.0 Å². The Morgan fingerprint density at radius 2 is 2.24 bits per heavy atom. The maximum absolute atomic E-state index is 10.4. The molecular formula is C14H18O3. The predicted octanol–water partition coefficient (Wildman–Crippen LogP) is 3.21. The molecule has 0 saturated heterocycles. The van der Waals surface area contributed by atoms with E-state index in [0.717, 1.165) is 23.8 Å². The van der Waals surface area contributed by atoms with Crippen LogP contribution in [0.3, 0.4) is 0 Å². The van der Waals surface area contributed by atoms with Crippen LogP contribution in [0.2, 0.25) is 0 Å². The number of rotatable bonds is 6. The summed E-state index contributed by atoms with van der Waals surface area (Å²) >= 11 is 0. The van der Waals surface area contributed by atoms with E-state index in [9.17, 15) is 4.79 Å². The maximum atomic E-state index is 10.4. The molecule has 1 N–H and O–H groups in total. The van der Waals surface area contributed by atoms with Gasteiger partial charge in [0.25, 0.3) is 0 Å². The second kappa shape index (κ2) is 6.74. The molecule has 0 saturated carbocycles. The minimum absolute atomic E-state index is 0.616. The Morgan fingerprint density at radius 1 is 1.47 bits per heavy atom. The van der Waals surface area contributed by atoms with Gasteiger partial charge in [0.1, 0.15) is 5.75 Å². The van der Waals surface area contributed by atoms with E-state index >= 15 is 0 Å². The number of aliphatic carboxylic acids is 1. The van der Waals surface area contributed by atoms with Gasteiger partial charge in [0, 0.05) is 6.08 Å². The van der Waals surface area contributed by atoms with Crippen molar-refractivity contribution < 1.29 is 14.6 Å². The average Bonchev–Trinajstić information content (AvgIpc) is 2.26. The van der Waals surface area contributed by atoms with Gasteiger partial charge in [-0.05, 0) is 36.1 Å². The van der Waals surface area contributed by atoms with Gasteiger partial charge in [-0.25, -0.2) is 4.79 Å². The molecule has 3 heteroatoms. The lowest BCUT2D eigenvalue weighted by atomic mass is 10.1. The highest BCUT2D eigenvalue weighted by Gasteiger charge is 1.97. The van der Waals surface area contributed by atoms with Crippen LogP contribution < -0.4 is 4.74 Å². The summed E-state index contributed by atoms with van der Waals surface area (Å²) < 4.78 is 5.58. The Kier molecular flexibility index (Phi) is 5.27. The SMILES string of the molecule is CC(C)CCOc1cccc(/C=C/C(=O)O)c1. The summed E-state index contributed by atoms with van der Waals surface area (Å²) in [6, 6.07) is 7.40. The number of hydrogen-bond acceptors (Lipinski definition) is 2. The number of ether oxygens (including phenoxy) is 1. The first-order valence-electron chi connectivity index (χ1n) is 5.72. The molecule has 0 bridgehead atoms. The lowest BCUT2D eigenvalue weighted by Crippen LogP contribution is -2.01. The average molecular weight is 234 g/mol. The summed E-state index contributed by atoms with van der Waals surface area (Å²) in [5.74, 6) is 0.444. The number of benzene rings is 1. The van der Waals surface area contributed by atoms with E-state index in [1.54, 1.807) is 6.08 Å². The third-order valence-electron chi connectivity index (χ3n) is 2.24. The largest absolute Gasteiger partial charge is 0.494 e. The molecule has 0 atom stereocenters. The third kappa shape index (κ3) is 5.76. The summed E-state index contributed by atoms with van der Waals surface area (Å²) in [6.45, 7) is 4.98. The molecule has 0 aliphatic heterocycles. The zero-order valence-electron chi connectivity index (χ0n) is 10.2. The van der Waals surface area contributed by atoms with Crippen molar-refractivity contribution in [3.63, 3.8) is 0 Å². The highest BCUT2D eigenvalue weighted by molar-refractivity contribution is 5.85. The van der Waals surface area contributed by atoms with Crippen LogP contribution in [0.1, 0.15) is 25.8 Å². The van der Waals surface area contributed by atoms with E-state index in [-0.39, 0.29) is 0 Å². The summed E-state index contributed by atoms with van der Waals surface area (Å²) in [4.78, 5) is 10.4. The molecule has 1 aromatic carbocycles. The molecule has 3 nitrogen and oxygen atoms in total. The lowest BCUT2D eigenvalue weighted by Gasteiger charge is -2.08. The van der Waals surface area contributed by atoms with Crippen molar-refractivity contribution in [2.24, 2.45) is 5.92 Å². The number of hydrogen-bond donors (Lipinski definition) is 1. The van der Waals surface area contributed by atoms with Gasteiger partial charge in [-0.3, -0.25) is 0 Å². The molecule has 1 rings (SSSR count). The highest BCUT2D eigenvalue weighted by atomic mass is 16.5. The third-order valence-corrected chi connectivity index (χ3v) is 2.24. The zero-order chi connectivity index (χ0) is 12.7. The molecule has 17 heavy (non-hydrogen) atoms. The molecule has 0 aliphatic carbocycles.